The van der Waals surface area contributed by atoms with E-state index in [9.17, 15) is 9.90 Å². The van der Waals surface area contributed by atoms with Crippen molar-refractivity contribution in [3.8, 4) is 5.75 Å². The van der Waals surface area contributed by atoms with Gasteiger partial charge in [0.2, 0.25) is 0 Å². The largest absolute Gasteiger partial charge is 0.507 e. The number of carbonyl (C=O) groups excluding carboxylic acids is 1. The van der Waals surface area contributed by atoms with Crippen molar-refractivity contribution in [2.75, 3.05) is 6.61 Å². The van der Waals surface area contributed by atoms with Crippen molar-refractivity contribution in [1.82, 2.24) is 5.32 Å². The van der Waals surface area contributed by atoms with E-state index in [1.54, 1.807) is 6.07 Å². The summed E-state index contributed by atoms with van der Waals surface area (Å²) in [5.74, 6) is 0.212. The Hall–Kier alpha value is -1.75. The van der Waals surface area contributed by atoms with Crippen LogP contribution in [0.2, 0.25) is 0 Å². The Morgan fingerprint density at radius 1 is 1.37 bits per heavy atom. The molecule has 1 saturated heterocycles. The number of carbonyl (C=O) groups is 1. The second-order valence-electron chi connectivity index (χ2n) is 4.87. The van der Waals surface area contributed by atoms with Crippen molar-refractivity contribution in [2.45, 2.75) is 12.5 Å². The summed E-state index contributed by atoms with van der Waals surface area (Å²) < 4.78 is 5.65. The molecule has 1 fully saturated rings. The second kappa shape index (κ2) is 4.13. The first-order valence-electron chi connectivity index (χ1n) is 5.86. The van der Waals surface area contributed by atoms with E-state index in [0.29, 0.717) is 11.1 Å². The first-order valence-corrected chi connectivity index (χ1v) is 6.65. The van der Waals surface area contributed by atoms with Crippen LogP contribution >= 0.6 is 15.9 Å². The minimum Gasteiger partial charge on any atom is -0.507 e. The third-order valence-corrected chi connectivity index (χ3v) is 4.27. The Labute approximate surface area is 118 Å². The van der Waals surface area contributed by atoms with Gasteiger partial charge in [0.05, 0.1) is 10.0 Å². The zero-order valence-corrected chi connectivity index (χ0v) is 11.8. The number of ether oxygens (including phenoxy) is 1. The van der Waals surface area contributed by atoms with Crippen molar-refractivity contribution >= 4 is 32.8 Å². The zero-order valence-electron chi connectivity index (χ0n) is 10.2. The number of amides is 1. The molecule has 1 unspecified atom stereocenters. The van der Waals surface area contributed by atoms with Crippen LogP contribution in [0.5, 0.6) is 5.75 Å². The van der Waals surface area contributed by atoms with Gasteiger partial charge in [-0.25, -0.2) is 4.79 Å². The van der Waals surface area contributed by atoms with Gasteiger partial charge in [-0.15, -0.1) is 0 Å². The number of benzene rings is 2. The van der Waals surface area contributed by atoms with Crippen molar-refractivity contribution in [3.63, 3.8) is 0 Å². The second-order valence-corrected chi connectivity index (χ2v) is 5.66. The van der Waals surface area contributed by atoms with E-state index in [2.05, 4.69) is 21.2 Å². The third kappa shape index (κ3) is 1.94. The van der Waals surface area contributed by atoms with Crippen molar-refractivity contribution < 1.29 is 14.6 Å². The molecule has 1 aliphatic heterocycles. The van der Waals surface area contributed by atoms with E-state index >= 15 is 0 Å². The van der Waals surface area contributed by atoms with Gasteiger partial charge in [-0.2, -0.15) is 0 Å². The Bertz CT molecular complexity index is 686. The van der Waals surface area contributed by atoms with Crippen LogP contribution in [-0.2, 0) is 10.3 Å². The maximum Gasteiger partial charge on any atom is 0.408 e. The van der Waals surface area contributed by atoms with Crippen LogP contribution in [0.15, 0.2) is 34.8 Å². The molecule has 2 aromatic rings. The van der Waals surface area contributed by atoms with E-state index in [1.807, 2.05) is 31.2 Å². The van der Waals surface area contributed by atoms with E-state index in [4.69, 9.17) is 4.74 Å². The van der Waals surface area contributed by atoms with Crippen molar-refractivity contribution in [2.24, 2.45) is 0 Å². The number of cyclic esters (lactones) is 1. The van der Waals surface area contributed by atoms with Gasteiger partial charge in [0.15, 0.2) is 0 Å². The standard InChI is InChI=1S/C14H12BrNO3/c1-14(7-19-13(18)16-14)9-3-4-10-8(6-9)2-5-11(17)12(10)15/h2-6,17H,7H2,1H3,(H,16,18). The Balaban J connectivity index is 2.13. The Kier molecular flexibility index (Phi) is 2.67. The first-order chi connectivity index (χ1) is 8.99. The summed E-state index contributed by atoms with van der Waals surface area (Å²) in [6, 6.07) is 9.34. The summed E-state index contributed by atoms with van der Waals surface area (Å²) in [5.41, 5.74) is 0.471. The van der Waals surface area contributed by atoms with Gasteiger partial charge in [-0.3, -0.25) is 0 Å². The zero-order chi connectivity index (χ0) is 13.6. The van der Waals surface area contributed by atoms with E-state index < -0.39 is 11.6 Å². The average Bonchev–Trinajstić information content (AvgIpc) is 2.75. The summed E-state index contributed by atoms with van der Waals surface area (Å²) in [4.78, 5) is 11.2. The van der Waals surface area contributed by atoms with E-state index in [0.717, 1.165) is 16.3 Å². The monoisotopic (exact) mass is 321 g/mol. The molecule has 19 heavy (non-hydrogen) atoms. The Morgan fingerprint density at radius 2 is 2.16 bits per heavy atom. The van der Waals surface area contributed by atoms with Gasteiger partial charge >= 0.3 is 6.09 Å². The fourth-order valence-corrected chi connectivity index (χ4v) is 2.78. The van der Waals surface area contributed by atoms with Crippen LogP contribution < -0.4 is 5.32 Å². The summed E-state index contributed by atoms with van der Waals surface area (Å²) in [7, 11) is 0. The molecule has 0 aromatic heterocycles. The molecule has 2 N–H and O–H groups in total. The molecule has 0 radical (unpaired) electrons. The number of alkyl carbamates (subject to hydrolysis) is 1. The van der Waals surface area contributed by atoms with Crippen LogP contribution in [0.1, 0.15) is 12.5 Å². The predicted molar refractivity (Wildman–Crippen MR) is 75.1 cm³/mol. The summed E-state index contributed by atoms with van der Waals surface area (Å²) in [6.45, 7) is 2.24. The van der Waals surface area contributed by atoms with Gasteiger partial charge < -0.3 is 15.2 Å². The molecule has 0 bridgehead atoms. The average molecular weight is 322 g/mol. The number of rotatable bonds is 1. The summed E-state index contributed by atoms with van der Waals surface area (Å²) in [6.07, 6.45) is -0.394. The molecule has 98 valence electrons. The molecule has 0 saturated carbocycles. The molecule has 3 rings (SSSR count). The van der Waals surface area contributed by atoms with Gasteiger partial charge in [0.1, 0.15) is 12.4 Å². The molecule has 0 spiro atoms. The number of hydrogen-bond acceptors (Lipinski definition) is 3. The first kappa shape index (κ1) is 12.3. The number of phenols is 1. The van der Waals surface area contributed by atoms with E-state index in [-0.39, 0.29) is 5.75 Å². The molecule has 4 nitrogen and oxygen atoms in total. The number of nitrogens with one attached hydrogen (secondary N) is 1. The number of aromatic hydroxyl groups is 1. The lowest BCUT2D eigenvalue weighted by Gasteiger charge is -2.22. The molecule has 0 aliphatic carbocycles. The Morgan fingerprint density at radius 3 is 2.84 bits per heavy atom. The fraction of sp³-hybridized carbons (Fsp3) is 0.214. The lowest BCUT2D eigenvalue weighted by molar-refractivity contribution is 0.173. The summed E-state index contributed by atoms with van der Waals surface area (Å²) >= 11 is 3.37. The smallest absolute Gasteiger partial charge is 0.408 e. The van der Waals surface area contributed by atoms with Gasteiger partial charge in [0, 0.05) is 0 Å². The maximum atomic E-state index is 11.2. The summed E-state index contributed by atoms with van der Waals surface area (Å²) in [5, 5.41) is 14.4. The fourth-order valence-electron chi connectivity index (χ4n) is 2.29. The quantitative estimate of drug-likeness (QED) is 0.847. The van der Waals surface area contributed by atoms with Gasteiger partial charge in [-0.05, 0) is 51.3 Å². The van der Waals surface area contributed by atoms with Gasteiger partial charge in [0.25, 0.3) is 0 Å². The minimum atomic E-state index is -0.504. The lowest BCUT2D eigenvalue weighted by atomic mass is 9.91. The van der Waals surface area contributed by atoms with E-state index in [1.165, 1.54) is 0 Å². The molecule has 1 heterocycles. The number of phenolic OH excluding ortho intramolecular Hbond substituents is 1. The number of fused-ring (bicyclic) bond motifs is 1. The van der Waals surface area contributed by atoms with Gasteiger partial charge in [-0.1, -0.05) is 18.2 Å². The molecular weight excluding hydrogens is 310 g/mol. The highest BCUT2D eigenvalue weighted by Gasteiger charge is 2.36. The lowest BCUT2D eigenvalue weighted by Crippen LogP contribution is -2.37. The number of halogens is 1. The molecule has 1 amide bonds. The van der Waals surface area contributed by atoms with Crippen molar-refractivity contribution in [1.29, 1.82) is 0 Å². The van der Waals surface area contributed by atoms with Crippen LogP contribution in [0, 0.1) is 0 Å². The van der Waals surface area contributed by atoms with Crippen molar-refractivity contribution in [3.05, 3.63) is 40.4 Å². The molecule has 1 atom stereocenters. The van der Waals surface area contributed by atoms with Crippen LogP contribution in [0.4, 0.5) is 4.79 Å². The minimum absolute atomic E-state index is 0.212. The molecule has 2 aromatic carbocycles. The van der Waals surface area contributed by atoms with Crippen LogP contribution in [-0.4, -0.2) is 17.8 Å². The number of hydrogen-bond donors (Lipinski definition) is 2. The third-order valence-electron chi connectivity index (χ3n) is 3.44. The van der Waals surface area contributed by atoms with Crippen LogP contribution in [0.3, 0.4) is 0 Å². The normalized spacial score (nSPS) is 22.3. The van der Waals surface area contributed by atoms with Crippen LogP contribution in [0.25, 0.3) is 10.8 Å². The maximum absolute atomic E-state index is 11.2. The molecular formula is C14H12BrNO3. The highest BCUT2D eigenvalue weighted by molar-refractivity contribution is 9.10. The molecule has 1 aliphatic rings. The topological polar surface area (TPSA) is 58.6 Å². The molecule has 5 heteroatoms. The predicted octanol–water partition coefficient (Wildman–Crippen LogP) is 3.26. The SMILES string of the molecule is CC1(c2ccc3c(Br)c(O)ccc3c2)COC(=O)N1. The highest BCUT2D eigenvalue weighted by atomic mass is 79.9. The highest BCUT2D eigenvalue weighted by Crippen LogP contribution is 2.35.